The molecule has 5 N–H and O–H groups in total. The van der Waals surface area contributed by atoms with Crippen molar-refractivity contribution in [2.45, 2.75) is 46.0 Å². The molecule has 0 saturated carbocycles. The molecule has 1 amide bonds. The second-order valence-corrected chi connectivity index (χ2v) is 10.0. The fourth-order valence-electron chi connectivity index (χ4n) is 4.68. The summed E-state index contributed by atoms with van der Waals surface area (Å²) in [6.07, 6.45) is 2.77. The highest BCUT2D eigenvalue weighted by Crippen LogP contribution is 2.30. The molecule has 214 valence electrons. The van der Waals surface area contributed by atoms with Crippen LogP contribution >= 0.6 is 0 Å². The van der Waals surface area contributed by atoms with E-state index < -0.39 is 17.9 Å². The molecule has 9 heteroatoms. The summed E-state index contributed by atoms with van der Waals surface area (Å²) < 4.78 is 6.18. The maximum absolute atomic E-state index is 11.7. The summed E-state index contributed by atoms with van der Waals surface area (Å²) in [6, 6.07) is 23.0. The van der Waals surface area contributed by atoms with Crippen LogP contribution in [0.25, 0.3) is 11.1 Å². The second kappa shape index (κ2) is 13.9. The third-order valence-corrected chi connectivity index (χ3v) is 6.97. The van der Waals surface area contributed by atoms with Crippen molar-refractivity contribution in [2.24, 2.45) is 5.73 Å². The quantitative estimate of drug-likeness (QED) is 0.180. The Hall–Kier alpha value is -5.20. The Kier molecular flexibility index (Phi) is 9.87. The minimum atomic E-state index is -1.17. The third kappa shape index (κ3) is 7.71. The number of anilines is 1. The first-order valence-electron chi connectivity index (χ1n) is 13.5. The van der Waals surface area contributed by atoms with E-state index in [4.69, 9.17) is 10.5 Å². The molecule has 0 unspecified atom stereocenters. The summed E-state index contributed by atoms with van der Waals surface area (Å²) in [5.41, 5.74) is 13.6. The number of hydrogen-bond donors (Lipinski definition) is 4. The Labute approximate surface area is 245 Å². The van der Waals surface area contributed by atoms with Gasteiger partial charge in [0.2, 0.25) is 5.91 Å². The van der Waals surface area contributed by atoms with Gasteiger partial charge >= 0.3 is 5.97 Å². The van der Waals surface area contributed by atoms with Crippen molar-refractivity contribution in [2.75, 3.05) is 5.32 Å². The van der Waals surface area contributed by atoms with E-state index in [0.29, 0.717) is 29.0 Å². The van der Waals surface area contributed by atoms with Gasteiger partial charge in [0.25, 0.3) is 0 Å². The van der Waals surface area contributed by atoms with Gasteiger partial charge in [0.15, 0.2) is 0 Å². The van der Waals surface area contributed by atoms with Crippen LogP contribution in [0.4, 0.5) is 5.69 Å². The number of hydrogen-bond acceptors (Lipinski definition) is 7. The Morgan fingerprint density at radius 1 is 1.02 bits per heavy atom. The van der Waals surface area contributed by atoms with Crippen LogP contribution in [0.5, 0.6) is 5.75 Å². The molecule has 4 rings (SSSR count). The van der Waals surface area contributed by atoms with Gasteiger partial charge < -0.3 is 20.9 Å². The molecular weight excluding hydrogens is 530 g/mol. The maximum atomic E-state index is 11.7. The molecule has 1 heterocycles. The first-order valence-corrected chi connectivity index (χ1v) is 13.5. The highest BCUT2D eigenvalue weighted by molar-refractivity contribution is 5.83. The lowest BCUT2D eigenvalue weighted by molar-refractivity contribution is -0.141. The SMILES string of the molecule is Cc1cc(CN[C@H](CC(N)=O)C(=O)O)c(OCc2cncc(C#N)c2)cc1NCc1cccc(-c2ccccc2)c1C. The molecule has 0 bridgehead atoms. The van der Waals surface area contributed by atoms with Crippen LogP contribution in [-0.4, -0.2) is 28.0 Å². The molecule has 9 nitrogen and oxygen atoms in total. The van der Waals surface area contributed by atoms with Crippen molar-refractivity contribution in [3.63, 3.8) is 0 Å². The van der Waals surface area contributed by atoms with Crippen LogP contribution in [0.2, 0.25) is 0 Å². The van der Waals surface area contributed by atoms with Crippen molar-refractivity contribution < 1.29 is 19.4 Å². The highest BCUT2D eigenvalue weighted by atomic mass is 16.5. The number of ether oxygens (including phenoxy) is 1. The Balaban J connectivity index is 1.59. The van der Waals surface area contributed by atoms with E-state index in [9.17, 15) is 20.0 Å². The number of carboxylic acid groups (broad SMARTS) is 1. The van der Waals surface area contributed by atoms with Crippen LogP contribution < -0.4 is 21.1 Å². The van der Waals surface area contributed by atoms with Crippen molar-refractivity contribution in [1.29, 1.82) is 5.26 Å². The lowest BCUT2D eigenvalue weighted by Crippen LogP contribution is -2.39. The van der Waals surface area contributed by atoms with Crippen LogP contribution in [0.1, 0.15) is 39.8 Å². The predicted molar refractivity (Wildman–Crippen MR) is 160 cm³/mol. The normalized spacial score (nSPS) is 11.4. The Morgan fingerprint density at radius 3 is 2.52 bits per heavy atom. The van der Waals surface area contributed by atoms with Crippen LogP contribution in [0.3, 0.4) is 0 Å². The average Bonchev–Trinajstić information content (AvgIpc) is 2.99. The lowest BCUT2D eigenvalue weighted by Gasteiger charge is -2.19. The number of carbonyl (C=O) groups is 2. The first-order chi connectivity index (χ1) is 20.2. The third-order valence-electron chi connectivity index (χ3n) is 6.97. The number of nitriles is 1. The Bertz CT molecular complexity index is 1620. The summed E-state index contributed by atoms with van der Waals surface area (Å²) in [6.45, 7) is 4.94. The van der Waals surface area contributed by atoms with Gasteiger partial charge in [-0.05, 0) is 53.8 Å². The zero-order chi connectivity index (χ0) is 30.1. The van der Waals surface area contributed by atoms with Crippen LogP contribution in [0.15, 0.2) is 79.1 Å². The van der Waals surface area contributed by atoms with E-state index >= 15 is 0 Å². The molecule has 1 aromatic heterocycles. The minimum absolute atomic E-state index is 0.134. The maximum Gasteiger partial charge on any atom is 0.321 e. The number of aliphatic carboxylic acids is 1. The topological polar surface area (TPSA) is 150 Å². The summed E-state index contributed by atoms with van der Waals surface area (Å²) in [7, 11) is 0. The van der Waals surface area contributed by atoms with Crippen molar-refractivity contribution >= 4 is 17.6 Å². The number of primary amides is 1. The van der Waals surface area contributed by atoms with Crippen LogP contribution in [0, 0.1) is 25.2 Å². The van der Waals surface area contributed by atoms with E-state index in [2.05, 4.69) is 58.9 Å². The van der Waals surface area contributed by atoms with Gasteiger partial charge in [0.05, 0.1) is 12.0 Å². The highest BCUT2D eigenvalue weighted by Gasteiger charge is 2.20. The van der Waals surface area contributed by atoms with Gasteiger partial charge in [-0.15, -0.1) is 0 Å². The number of nitrogens with zero attached hydrogens (tertiary/aromatic N) is 2. The number of aromatic nitrogens is 1. The monoisotopic (exact) mass is 563 g/mol. The number of carboxylic acids is 1. The van der Waals surface area contributed by atoms with Gasteiger partial charge in [-0.3, -0.25) is 19.9 Å². The number of nitrogens with one attached hydrogen (secondary N) is 2. The summed E-state index contributed by atoms with van der Waals surface area (Å²) >= 11 is 0. The van der Waals surface area contributed by atoms with Gasteiger partial charge in [-0.2, -0.15) is 5.26 Å². The van der Waals surface area contributed by atoms with Crippen molar-refractivity contribution in [1.82, 2.24) is 10.3 Å². The predicted octanol–water partition coefficient (Wildman–Crippen LogP) is 4.85. The summed E-state index contributed by atoms with van der Waals surface area (Å²) in [5, 5.41) is 25.2. The zero-order valence-corrected chi connectivity index (χ0v) is 23.6. The number of aryl methyl sites for hydroxylation is 1. The Morgan fingerprint density at radius 2 is 1.81 bits per heavy atom. The number of rotatable bonds is 13. The molecular formula is C33H33N5O4. The van der Waals surface area contributed by atoms with Gasteiger partial charge in [0.1, 0.15) is 24.5 Å². The number of pyridine rings is 1. The fraction of sp³-hybridized carbons (Fsp3) is 0.212. The number of amides is 1. The van der Waals surface area contributed by atoms with E-state index in [0.717, 1.165) is 22.4 Å². The van der Waals surface area contributed by atoms with E-state index in [1.165, 1.54) is 17.3 Å². The molecule has 4 aromatic rings. The molecule has 0 aliphatic carbocycles. The average molecular weight is 564 g/mol. The number of benzene rings is 3. The molecule has 3 aromatic carbocycles. The van der Waals surface area contributed by atoms with Crippen molar-refractivity contribution in [3.8, 4) is 22.9 Å². The standard InChI is InChI=1S/C33H33N5O4/c1-21-11-27(19-38-30(33(40)41)14-32(35)39)31(42-20-24-12-23(15-34)16-36-17-24)13-29(21)37-18-26-9-6-10-28(22(26)2)25-7-4-3-5-8-25/h3-13,16-17,30,37-38H,14,18-20H2,1-2H3,(H2,35,39)(H,40,41)/t30-/m1/s1. The molecule has 42 heavy (non-hydrogen) atoms. The van der Waals surface area contributed by atoms with Crippen LogP contribution in [-0.2, 0) is 29.3 Å². The molecule has 0 saturated heterocycles. The van der Waals surface area contributed by atoms with Gasteiger partial charge in [-0.1, -0.05) is 48.5 Å². The van der Waals surface area contributed by atoms with Crippen molar-refractivity contribution in [3.05, 3.63) is 113 Å². The number of nitrogens with two attached hydrogens (primary N) is 1. The van der Waals surface area contributed by atoms with E-state index in [-0.39, 0.29) is 19.6 Å². The fourth-order valence-corrected chi connectivity index (χ4v) is 4.68. The van der Waals surface area contributed by atoms with Gasteiger partial charge in [0, 0.05) is 48.4 Å². The zero-order valence-electron chi connectivity index (χ0n) is 23.6. The van der Waals surface area contributed by atoms with Gasteiger partial charge in [-0.25, -0.2) is 0 Å². The number of carbonyl (C=O) groups excluding carboxylic acids is 1. The summed E-state index contributed by atoms with van der Waals surface area (Å²) in [5.74, 6) is -1.35. The summed E-state index contributed by atoms with van der Waals surface area (Å²) in [4.78, 5) is 27.1. The van der Waals surface area contributed by atoms with E-state index in [1.54, 1.807) is 12.3 Å². The molecule has 0 fully saturated rings. The smallest absolute Gasteiger partial charge is 0.321 e. The molecule has 0 radical (unpaired) electrons. The largest absolute Gasteiger partial charge is 0.488 e. The molecule has 0 spiro atoms. The van der Waals surface area contributed by atoms with E-state index in [1.807, 2.05) is 37.3 Å². The first kappa shape index (κ1) is 29.8. The molecule has 1 atom stereocenters. The molecule has 0 aliphatic heterocycles. The molecule has 0 aliphatic rings. The lowest BCUT2D eigenvalue weighted by atomic mass is 9.96. The minimum Gasteiger partial charge on any atom is -0.488 e. The second-order valence-electron chi connectivity index (χ2n) is 10.0.